The van der Waals surface area contributed by atoms with E-state index in [4.69, 9.17) is 16.3 Å². The molecular formula is C26H32ClN3O4. The van der Waals surface area contributed by atoms with Crippen LogP contribution in [0.25, 0.3) is 0 Å². The summed E-state index contributed by atoms with van der Waals surface area (Å²) in [6, 6.07) is 13.4. The van der Waals surface area contributed by atoms with Crippen LogP contribution >= 0.6 is 11.6 Å². The summed E-state index contributed by atoms with van der Waals surface area (Å²) in [5.41, 5.74) is 1.08. The van der Waals surface area contributed by atoms with Crippen molar-refractivity contribution in [3.63, 3.8) is 0 Å². The van der Waals surface area contributed by atoms with Crippen LogP contribution < -0.4 is 15.0 Å². The molecule has 2 amide bonds. The summed E-state index contributed by atoms with van der Waals surface area (Å²) in [5, 5.41) is 3.57. The molecule has 0 spiro atoms. The summed E-state index contributed by atoms with van der Waals surface area (Å²) in [6.07, 6.45) is 0. The molecule has 0 saturated carbocycles. The lowest BCUT2D eigenvalue weighted by atomic mass is 9.95. The van der Waals surface area contributed by atoms with E-state index in [0.29, 0.717) is 30.2 Å². The lowest BCUT2D eigenvalue weighted by Crippen LogP contribution is -2.63. The van der Waals surface area contributed by atoms with Crippen LogP contribution in [0.3, 0.4) is 0 Å². The highest BCUT2D eigenvalue weighted by molar-refractivity contribution is 6.30. The van der Waals surface area contributed by atoms with Gasteiger partial charge in [-0.25, -0.2) is 0 Å². The third-order valence-electron chi connectivity index (χ3n) is 5.93. The monoisotopic (exact) mass is 485 g/mol. The maximum absolute atomic E-state index is 13.5. The first-order valence-corrected chi connectivity index (χ1v) is 11.8. The van der Waals surface area contributed by atoms with E-state index in [1.165, 1.54) is 13.0 Å². The number of piperazine rings is 1. The molecule has 7 nitrogen and oxygen atoms in total. The fraction of sp³-hybridized carbons (Fsp3) is 0.423. The molecule has 0 aromatic heterocycles. The molecule has 2 aromatic rings. The van der Waals surface area contributed by atoms with Crippen molar-refractivity contribution in [1.82, 2.24) is 10.2 Å². The Kier molecular flexibility index (Phi) is 7.87. The maximum Gasteiger partial charge on any atom is 0.308 e. The van der Waals surface area contributed by atoms with Crippen molar-refractivity contribution >= 4 is 35.1 Å². The number of nitrogens with zero attached hydrogens (tertiary/aromatic N) is 2. The summed E-state index contributed by atoms with van der Waals surface area (Å²) in [7, 11) is 0. The van der Waals surface area contributed by atoms with Gasteiger partial charge in [0.05, 0.1) is 5.54 Å². The molecule has 3 rings (SSSR count). The van der Waals surface area contributed by atoms with Crippen LogP contribution in [0.4, 0.5) is 5.69 Å². The number of rotatable bonds is 6. The standard InChI is InChI=1S/C26H32ClN3O4/c1-17(2)23(28-24(32)19-7-6-8-22(15-19)34-18(3)31)25(33)29-13-14-30(26(4,5)16-29)21-11-9-20(27)10-12-21/h6-12,15,17,23H,13-14,16H2,1-5H3,(H,28,32). The average molecular weight is 486 g/mol. The van der Waals surface area contributed by atoms with Crippen molar-refractivity contribution in [1.29, 1.82) is 0 Å². The Bertz CT molecular complexity index is 1050. The zero-order chi connectivity index (χ0) is 25.0. The number of carbonyl (C=O) groups is 3. The minimum absolute atomic E-state index is 0.106. The predicted molar refractivity (Wildman–Crippen MR) is 133 cm³/mol. The van der Waals surface area contributed by atoms with Crippen LogP contribution in [0.15, 0.2) is 48.5 Å². The number of hydrogen-bond donors (Lipinski definition) is 1. The third kappa shape index (κ3) is 6.08. The molecule has 34 heavy (non-hydrogen) atoms. The van der Waals surface area contributed by atoms with Crippen molar-refractivity contribution in [2.45, 2.75) is 46.2 Å². The third-order valence-corrected chi connectivity index (χ3v) is 6.18. The van der Waals surface area contributed by atoms with Crippen molar-refractivity contribution in [2.24, 2.45) is 5.92 Å². The van der Waals surface area contributed by atoms with Crippen molar-refractivity contribution in [3.05, 3.63) is 59.1 Å². The van der Waals surface area contributed by atoms with Crippen molar-refractivity contribution in [3.8, 4) is 5.75 Å². The minimum atomic E-state index is -0.678. The van der Waals surface area contributed by atoms with Gasteiger partial charge in [0.25, 0.3) is 5.91 Å². The molecule has 0 bridgehead atoms. The molecule has 1 N–H and O–H groups in total. The van der Waals surface area contributed by atoms with E-state index in [2.05, 4.69) is 24.1 Å². The van der Waals surface area contributed by atoms with E-state index in [0.717, 1.165) is 5.69 Å². The van der Waals surface area contributed by atoms with Gasteiger partial charge in [-0.3, -0.25) is 14.4 Å². The second-order valence-electron chi connectivity index (χ2n) is 9.52. The molecule has 0 radical (unpaired) electrons. The largest absolute Gasteiger partial charge is 0.427 e. The summed E-state index contributed by atoms with van der Waals surface area (Å²) in [5.74, 6) is -0.783. The Morgan fingerprint density at radius 1 is 1.06 bits per heavy atom. The van der Waals surface area contributed by atoms with Crippen LogP contribution in [-0.4, -0.2) is 53.9 Å². The van der Waals surface area contributed by atoms with Gasteiger partial charge in [-0.15, -0.1) is 0 Å². The SMILES string of the molecule is CC(=O)Oc1cccc(C(=O)NC(C(=O)N2CCN(c3ccc(Cl)cc3)C(C)(C)C2)C(C)C)c1. The quantitative estimate of drug-likeness (QED) is 0.491. The van der Waals surface area contributed by atoms with Crippen molar-refractivity contribution < 1.29 is 19.1 Å². The average Bonchev–Trinajstić information content (AvgIpc) is 2.76. The molecule has 8 heteroatoms. The van der Waals surface area contributed by atoms with E-state index in [1.807, 2.05) is 43.0 Å². The Morgan fingerprint density at radius 2 is 1.74 bits per heavy atom. The molecule has 1 unspecified atom stereocenters. The van der Waals surface area contributed by atoms with E-state index >= 15 is 0 Å². The lowest BCUT2D eigenvalue weighted by Gasteiger charge is -2.49. The number of ether oxygens (including phenoxy) is 1. The molecule has 1 fully saturated rings. The van der Waals surface area contributed by atoms with Crippen LogP contribution in [0.1, 0.15) is 45.0 Å². The van der Waals surface area contributed by atoms with Crippen LogP contribution in [0.2, 0.25) is 5.02 Å². The number of amides is 2. The number of nitrogens with one attached hydrogen (secondary N) is 1. The summed E-state index contributed by atoms with van der Waals surface area (Å²) >= 11 is 6.04. The van der Waals surface area contributed by atoms with Gasteiger partial charge in [-0.05, 0) is 62.2 Å². The molecule has 182 valence electrons. The van der Waals surface area contributed by atoms with Gasteiger partial charge in [-0.1, -0.05) is 31.5 Å². The van der Waals surface area contributed by atoms with Gasteiger partial charge < -0.3 is 19.9 Å². The fourth-order valence-corrected chi connectivity index (χ4v) is 4.37. The van der Waals surface area contributed by atoms with E-state index in [-0.39, 0.29) is 29.0 Å². The van der Waals surface area contributed by atoms with Gasteiger partial charge in [0, 0.05) is 42.8 Å². The van der Waals surface area contributed by atoms with E-state index in [1.54, 1.807) is 18.2 Å². The highest BCUT2D eigenvalue weighted by Gasteiger charge is 2.38. The van der Waals surface area contributed by atoms with Crippen molar-refractivity contribution in [2.75, 3.05) is 24.5 Å². The zero-order valence-corrected chi connectivity index (χ0v) is 21.1. The number of esters is 1. The predicted octanol–water partition coefficient (Wildman–Crippen LogP) is 4.15. The Labute approximate surface area is 206 Å². The van der Waals surface area contributed by atoms with Crippen LogP contribution in [0.5, 0.6) is 5.75 Å². The highest BCUT2D eigenvalue weighted by Crippen LogP contribution is 2.29. The summed E-state index contributed by atoms with van der Waals surface area (Å²) in [4.78, 5) is 41.8. The first-order valence-electron chi connectivity index (χ1n) is 11.4. The Balaban J connectivity index is 1.72. The normalized spacial score (nSPS) is 16.2. The topological polar surface area (TPSA) is 78.9 Å². The molecule has 1 aliphatic heterocycles. The molecule has 1 aliphatic rings. The van der Waals surface area contributed by atoms with Gasteiger partial charge in [-0.2, -0.15) is 0 Å². The number of anilines is 1. The van der Waals surface area contributed by atoms with Gasteiger partial charge >= 0.3 is 5.97 Å². The van der Waals surface area contributed by atoms with E-state index in [9.17, 15) is 14.4 Å². The van der Waals surface area contributed by atoms with Crippen LogP contribution in [0, 0.1) is 5.92 Å². The molecule has 2 aromatic carbocycles. The van der Waals surface area contributed by atoms with E-state index < -0.39 is 12.0 Å². The lowest BCUT2D eigenvalue weighted by molar-refractivity contribution is -0.136. The highest BCUT2D eigenvalue weighted by atomic mass is 35.5. The number of halogens is 1. The van der Waals surface area contributed by atoms with Crippen LogP contribution in [-0.2, 0) is 9.59 Å². The van der Waals surface area contributed by atoms with Gasteiger partial charge in [0.2, 0.25) is 5.91 Å². The first kappa shape index (κ1) is 25.6. The Morgan fingerprint density at radius 3 is 2.32 bits per heavy atom. The zero-order valence-electron chi connectivity index (χ0n) is 20.3. The maximum atomic E-state index is 13.5. The van der Waals surface area contributed by atoms with Gasteiger partial charge in [0.1, 0.15) is 11.8 Å². The summed E-state index contributed by atoms with van der Waals surface area (Å²) < 4.78 is 5.07. The van der Waals surface area contributed by atoms with Gasteiger partial charge in [0.15, 0.2) is 0 Å². The molecule has 1 heterocycles. The number of hydrogen-bond acceptors (Lipinski definition) is 5. The molecular weight excluding hydrogens is 454 g/mol. The fourth-order valence-electron chi connectivity index (χ4n) is 4.24. The molecule has 0 aliphatic carbocycles. The number of carbonyl (C=O) groups excluding carboxylic acids is 3. The summed E-state index contributed by atoms with van der Waals surface area (Å²) in [6.45, 7) is 11.1. The molecule has 1 atom stereocenters. The molecule has 1 saturated heterocycles. The Hall–Kier alpha value is -3.06. The number of benzene rings is 2. The smallest absolute Gasteiger partial charge is 0.308 e. The first-order chi connectivity index (χ1) is 16.0. The second kappa shape index (κ2) is 10.5. The minimum Gasteiger partial charge on any atom is -0.427 e. The second-order valence-corrected chi connectivity index (χ2v) is 9.95.